The largest absolute Gasteiger partial charge is 0.479 e. The van der Waals surface area contributed by atoms with E-state index in [0.717, 1.165) is 6.07 Å². The Labute approximate surface area is 81.9 Å². The molecular weight excluding hydrogens is 243 g/mol. The Morgan fingerprint density at radius 2 is 2.15 bits per heavy atom. The predicted molar refractivity (Wildman–Crippen MR) is 46.7 cm³/mol. The summed E-state index contributed by atoms with van der Waals surface area (Å²) in [6, 6.07) is 3.78. The van der Waals surface area contributed by atoms with Gasteiger partial charge in [-0.1, -0.05) is 22.0 Å². The van der Waals surface area contributed by atoms with E-state index in [4.69, 9.17) is 10.2 Å². The van der Waals surface area contributed by atoms with Crippen LogP contribution in [0.3, 0.4) is 0 Å². The summed E-state index contributed by atoms with van der Waals surface area (Å²) in [6.45, 7) is 0. The predicted octanol–water partition coefficient (Wildman–Crippen LogP) is 1.71. The molecule has 1 atom stereocenters. The van der Waals surface area contributed by atoms with Crippen molar-refractivity contribution in [3.8, 4) is 0 Å². The van der Waals surface area contributed by atoms with Gasteiger partial charge in [0.05, 0.1) is 0 Å². The minimum Gasteiger partial charge on any atom is -0.479 e. The van der Waals surface area contributed by atoms with Gasteiger partial charge in [0.1, 0.15) is 5.82 Å². The minimum atomic E-state index is -1.81. The first-order valence-electron chi connectivity index (χ1n) is 3.38. The van der Waals surface area contributed by atoms with Crippen molar-refractivity contribution in [3.05, 3.63) is 34.1 Å². The molecule has 0 aliphatic rings. The molecule has 1 rings (SSSR count). The molecule has 3 nitrogen and oxygen atoms in total. The van der Waals surface area contributed by atoms with Crippen LogP contribution in [0.1, 0.15) is 11.7 Å². The fourth-order valence-corrected chi connectivity index (χ4v) is 1.19. The van der Waals surface area contributed by atoms with E-state index < -0.39 is 17.9 Å². The van der Waals surface area contributed by atoms with E-state index in [2.05, 4.69) is 15.9 Å². The Kier molecular flexibility index (Phi) is 3.00. The molecule has 0 aliphatic heterocycles. The Hall–Kier alpha value is -0.940. The van der Waals surface area contributed by atoms with Crippen LogP contribution in [0.2, 0.25) is 0 Å². The number of carbonyl (C=O) groups is 1. The van der Waals surface area contributed by atoms with Crippen LogP contribution in [0.15, 0.2) is 22.7 Å². The van der Waals surface area contributed by atoms with Gasteiger partial charge in [0.15, 0.2) is 6.10 Å². The molecule has 0 aliphatic carbocycles. The fraction of sp³-hybridized carbons (Fsp3) is 0.125. The highest BCUT2D eigenvalue weighted by Gasteiger charge is 2.19. The lowest BCUT2D eigenvalue weighted by atomic mass is 10.1. The summed E-state index contributed by atoms with van der Waals surface area (Å²) < 4.78 is 13.5. The van der Waals surface area contributed by atoms with Gasteiger partial charge in [0.25, 0.3) is 0 Å². The van der Waals surface area contributed by atoms with E-state index in [0.29, 0.717) is 4.47 Å². The number of hydrogen-bond donors (Lipinski definition) is 2. The van der Waals surface area contributed by atoms with E-state index in [1.54, 1.807) is 0 Å². The van der Waals surface area contributed by atoms with Crippen LogP contribution in [-0.2, 0) is 4.79 Å². The number of aliphatic hydroxyl groups excluding tert-OH is 1. The molecular formula is C8H6BrFO3. The maximum Gasteiger partial charge on any atom is 0.337 e. The van der Waals surface area contributed by atoms with Crippen LogP contribution in [0, 0.1) is 5.82 Å². The van der Waals surface area contributed by atoms with E-state index in [9.17, 15) is 9.18 Å². The molecule has 0 radical (unpaired) electrons. The van der Waals surface area contributed by atoms with E-state index in [1.807, 2.05) is 0 Å². The van der Waals surface area contributed by atoms with Crippen LogP contribution < -0.4 is 0 Å². The Morgan fingerprint density at radius 3 is 2.62 bits per heavy atom. The van der Waals surface area contributed by atoms with Gasteiger partial charge in [0.2, 0.25) is 0 Å². The number of aliphatic carboxylic acids is 1. The second kappa shape index (κ2) is 3.85. The molecule has 70 valence electrons. The maximum atomic E-state index is 13.0. The van der Waals surface area contributed by atoms with Crippen molar-refractivity contribution in [1.82, 2.24) is 0 Å². The number of halogens is 2. The quantitative estimate of drug-likeness (QED) is 0.838. The summed E-state index contributed by atoms with van der Waals surface area (Å²) in [5, 5.41) is 17.4. The monoisotopic (exact) mass is 248 g/mol. The van der Waals surface area contributed by atoms with Crippen molar-refractivity contribution in [3.63, 3.8) is 0 Å². The summed E-state index contributed by atoms with van der Waals surface area (Å²) in [5.74, 6) is -2.22. The van der Waals surface area contributed by atoms with E-state index in [1.165, 1.54) is 12.1 Å². The molecule has 0 aromatic heterocycles. The standard InChI is InChI=1S/C8H6BrFO3/c9-4-1-2-5(6(10)3-4)7(11)8(12)13/h1-3,7,11H,(H,12,13)/t7-/m1/s1. The van der Waals surface area contributed by atoms with Gasteiger partial charge in [-0.3, -0.25) is 0 Å². The molecule has 5 heteroatoms. The van der Waals surface area contributed by atoms with Crippen LogP contribution >= 0.6 is 15.9 Å². The maximum absolute atomic E-state index is 13.0. The molecule has 0 amide bonds. The second-order valence-electron chi connectivity index (χ2n) is 2.41. The Balaban J connectivity index is 3.08. The summed E-state index contributed by atoms with van der Waals surface area (Å²) in [5.41, 5.74) is -0.240. The SMILES string of the molecule is O=C(O)[C@H](O)c1ccc(Br)cc1F. The number of carboxylic acids is 1. The molecule has 0 saturated carbocycles. The minimum absolute atomic E-state index is 0.240. The van der Waals surface area contributed by atoms with Crippen molar-refractivity contribution in [2.75, 3.05) is 0 Å². The van der Waals surface area contributed by atoms with Gasteiger partial charge in [-0.05, 0) is 12.1 Å². The van der Waals surface area contributed by atoms with Gasteiger partial charge in [-0.2, -0.15) is 0 Å². The third kappa shape index (κ3) is 2.26. The van der Waals surface area contributed by atoms with Crippen molar-refractivity contribution in [2.45, 2.75) is 6.10 Å². The van der Waals surface area contributed by atoms with Gasteiger partial charge in [0, 0.05) is 10.0 Å². The van der Waals surface area contributed by atoms with E-state index in [-0.39, 0.29) is 5.56 Å². The van der Waals surface area contributed by atoms with Crippen molar-refractivity contribution >= 4 is 21.9 Å². The van der Waals surface area contributed by atoms with Gasteiger partial charge in [-0.25, -0.2) is 9.18 Å². The third-order valence-electron chi connectivity index (χ3n) is 1.49. The topological polar surface area (TPSA) is 57.5 Å². The highest BCUT2D eigenvalue weighted by Crippen LogP contribution is 2.20. The number of carboxylic acid groups (broad SMARTS) is 1. The van der Waals surface area contributed by atoms with Crippen LogP contribution in [-0.4, -0.2) is 16.2 Å². The highest BCUT2D eigenvalue weighted by molar-refractivity contribution is 9.10. The lowest BCUT2D eigenvalue weighted by Crippen LogP contribution is -2.11. The van der Waals surface area contributed by atoms with Crippen molar-refractivity contribution < 1.29 is 19.4 Å². The van der Waals surface area contributed by atoms with Gasteiger partial charge >= 0.3 is 5.97 Å². The molecule has 0 saturated heterocycles. The first kappa shape index (κ1) is 10.1. The smallest absolute Gasteiger partial charge is 0.337 e. The molecule has 0 unspecified atom stereocenters. The summed E-state index contributed by atoms with van der Waals surface area (Å²) >= 11 is 3.01. The van der Waals surface area contributed by atoms with Gasteiger partial charge in [-0.15, -0.1) is 0 Å². The molecule has 0 heterocycles. The first-order chi connectivity index (χ1) is 6.02. The fourth-order valence-electron chi connectivity index (χ4n) is 0.856. The number of hydrogen-bond acceptors (Lipinski definition) is 2. The summed E-state index contributed by atoms with van der Waals surface area (Å²) in [4.78, 5) is 10.3. The molecule has 1 aromatic rings. The van der Waals surface area contributed by atoms with Crippen LogP contribution in [0.5, 0.6) is 0 Å². The normalized spacial score (nSPS) is 12.5. The van der Waals surface area contributed by atoms with Crippen LogP contribution in [0.25, 0.3) is 0 Å². The van der Waals surface area contributed by atoms with Crippen molar-refractivity contribution in [1.29, 1.82) is 0 Å². The molecule has 0 bridgehead atoms. The second-order valence-corrected chi connectivity index (χ2v) is 3.32. The molecule has 13 heavy (non-hydrogen) atoms. The first-order valence-corrected chi connectivity index (χ1v) is 4.17. The van der Waals surface area contributed by atoms with Gasteiger partial charge < -0.3 is 10.2 Å². The number of rotatable bonds is 2. The zero-order valence-electron chi connectivity index (χ0n) is 6.37. The number of benzene rings is 1. The number of aliphatic hydroxyl groups is 1. The summed E-state index contributed by atoms with van der Waals surface area (Å²) in [6.07, 6.45) is -1.81. The molecule has 1 aromatic carbocycles. The average Bonchev–Trinajstić information content (AvgIpc) is 2.03. The molecule has 2 N–H and O–H groups in total. The highest BCUT2D eigenvalue weighted by atomic mass is 79.9. The lowest BCUT2D eigenvalue weighted by molar-refractivity contribution is -0.147. The zero-order valence-corrected chi connectivity index (χ0v) is 7.95. The Bertz CT molecular complexity index is 340. The van der Waals surface area contributed by atoms with E-state index >= 15 is 0 Å². The molecule has 0 spiro atoms. The summed E-state index contributed by atoms with van der Waals surface area (Å²) in [7, 11) is 0. The molecule has 0 fully saturated rings. The average molecular weight is 249 g/mol. The van der Waals surface area contributed by atoms with Crippen molar-refractivity contribution in [2.24, 2.45) is 0 Å². The zero-order chi connectivity index (χ0) is 10.0. The van der Waals surface area contributed by atoms with Crippen LogP contribution in [0.4, 0.5) is 4.39 Å². The third-order valence-corrected chi connectivity index (χ3v) is 1.98. The lowest BCUT2D eigenvalue weighted by Gasteiger charge is -2.06. The Morgan fingerprint density at radius 1 is 1.54 bits per heavy atom.